The Balaban J connectivity index is 1.06. The molecule has 12 heteroatoms. The molecular formula is C46H65N3O8S. The van der Waals surface area contributed by atoms with Gasteiger partial charge in [-0.2, -0.15) is 5.26 Å². The minimum absolute atomic E-state index is 0.0104. The normalized spacial score (nSPS) is 37.4. The summed E-state index contributed by atoms with van der Waals surface area (Å²) in [7, 11) is 4.46. The van der Waals surface area contributed by atoms with Crippen LogP contribution >= 0.6 is 11.8 Å². The molecule has 1 aromatic heterocycles. The summed E-state index contributed by atoms with van der Waals surface area (Å²) in [4.78, 5) is 34.0. The van der Waals surface area contributed by atoms with Crippen LogP contribution in [0.1, 0.15) is 125 Å². The number of rotatable bonds is 9. The highest BCUT2D eigenvalue weighted by Crippen LogP contribution is 2.76. The van der Waals surface area contributed by atoms with Gasteiger partial charge in [-0.1, -0.05) is 46.4 Å². The van der Waals surface area contributed by atoms with Gasteiger partial charge in [0.05, 0.1) is 50.1 Å². The van der Waals surface area contributed by atoms with E-state index in [1.807, 2.05) is 6.07 Å². The Morgan fingerprint density at radius 1 is 0.931 bits per heavy atom. The lowest BCUT2D eigenvalue weighted by molar-refractivity contribution is -0.258. The second-order valence-electron chi connectivity index (χ2n) is 20.2. The highest BCUT2D eigenvalue weighted by atomic mass is 32.2. The van der Waals surface area contributed by atoms with Crippen molar-refractivity contribution < 1.29 is 33.6 Å². The zero-order valence-corrected chi connectivity index (χ0v) is 37.3. The van der Waals surface area contributed by atoms with Crippen molar-refractivity contribution in [3.05, 3.63) is 28.0 Å². The molecular weight excluding hydrogens is 755 g/mol. The zero-order chi connectivity index (χ0) is 42.2. The number of H-pyrrole nitrogens is 1. The van der Waals surface area contributed by atoms with Crippen LogP contribution in [0.4, 0.5) is 0 Å². The number of carbonyl (C=O) groups is 1. The Morgan fingerprint density at radius 3 is 2.22 bits per heavy atom. The summed E-state index contributed by atoms with van der Waals surface area (Å²) in [5, 5.41) is 22.4. The van der Waals surface area contributed by atoms with Crippen molar-refractivity contribution in [2.24, 2.45) is 45.3 Å². The Bertz CT molecular complexity index is 2000. The van der Waals surface area contributed by atoms with Crippen LogP contribution in [0.25, 0.3) is 11.3 Å². The number of nitrogens with zero attached hydrogens (tertiary/aromatic N) is 2. The van der Waals surface area contributed by atoms with Gasteiger partial charge in [-0.25, -0.2) is 4.98 Å². The van der Waals surface area contributed by atoms with E-state index >= 15 is 0 Å². The number of esters is 1. The first-order valence-corrected chi connectivity index (χ1v) is 22.3. The lowest BCUT2D eigenvalue weighted by atomic mass is 9.35. The molecule has 11 nitrogen and oxygen atoms in total. The van der Waals surface area contributed by atoms with Crippen LogP contribution in [-0.2, 0) is 14.3 Å². The predicted octanol–water partition coefficient (Wildman–Crippen LogP) is 8.73. The molecule has 0 radical (unpaired) electrons. The second-order valence-corrected chi connectivity index (χ2v) is 21.2. The number of methoxy groups -OCH3 is 3. The summed E-state index contributed by atoms with van der Waals surface area (Å²) >= 11 is 1.07. The van der Waals surface area contributed by atoms with E-state index in [-0.39, 0.29) is 79.1 Å². The van der Waals surface area contributed by atoms with Crippen molar-refractivity contribution in [3.63, 3.8) is 0 Å². The third-order valence-electron chi connectivity index (χ3n) is 16.6. The molecule has 0 spiro atoms. The number of aromatic amines is 1. The molecule has 10 atom stereocenters. The summed E-state index contributed by atoms with van der Waals surface area (Å²) in [6, 6.07) is 5.22. The third-order valence-corrected chi connectivity index (χ3v) is 17.5. The number of ether oxygens (including phenoxy) is 5. The predicted molar refractivity (Wildman–Crippen MR) is 223 cm³/mol. The average Bonchev–Trinajstić information content (AvgIpc) is 3.55. The number of carbonyl (C=O) groups excluding carboxylic acids is 1. The van der Waals surface area contributed by atoms with Gasteiger partial charge in [-0.15, -0.1) is 0 Å². The molecule has 7 rings (SSSR count). The van der Waals surface area contributed by atoms with Gasteiger partial charge in [-0.3, -0.25) is 9.59 Å². The highest BCUT2D eigenvalue weighted by Gasteiger charge is 2.72. The Morgan fingerprint density at radius 2 is 1.60 bits per heavy atom. The van der Waals surface area contributed by atoms with Gasteiger partial charge in [0.15, 0.2) is 16.7 Å². The number of aromatic nitrogens is 2. The van der Waals surface area contributed by atoms with E-state index in [9.17, 15) is 20.0 Å². The topological polar surface area (TPSA) is 153 Å². The lowest BCUT2D eigenvalue weighted by Crippen LogP contribution is -2.67. The van der Waals surface area contributed by atoms with E-state index in [2.05, 4.69) is 65.4 Å². The maximum absolute atomic E-state index is 13.6. The summed E-state index contributed by atoms with van der Waals surface area (Å²) in [6.45, 7) is 18.9. The smallest absolute Gasteiger partial charge is 0.316 e. The summed E-state index contributed by atoms with van der Waals surface area (Å²) in [5.74, 6) is 1.86. The fourth-order valence-corrected chi connectivity index (χ4v) is 14.5. The number of aliphatic hydroxyl groups is 1. The number of thioether (sulfide) groups is 1. The van der Waals surface area contributed by atoms with Crippen LogP contribution in [0.3, 0.4) is 0 Å². The molecule has 1 aromatic carbocycles. The second kappa shape index (κ2) is 15.0. The molecule has 2 heterocycles. The largest absolute Gasteiger partial charge is 0.493 e. The molecule has 318 valence electrons. The molecule has 5 aliphatic rings. The summed E-state index contributed by atoms with van der Waals surface area (Å²) in [6.07, 6.45) is 9.54. The van der Waals surface area contributed by atoms with Crippen LogP contribution in [-0.4, -0.2) is 71.5 Å². The van der Waals surface area contributed by atoms with E-state index in [0.717, 1.165) is 69.5 Å². The number of nitriles is 1. The van der Waals surface area contributed by atoms with E-state index in [1.54, 1.807) is 12.1 Å². The SMILES string of the molecule is COc1cc(-c2nc(SCC(=O)O[C@H]3CC[C@@]4(C)[C@@H](CC[C@]5(C)[C@H]4C[C@@H](O)[C@@H]4C([C@@]6(C)CCCC(C)(C)O6)CC[C@]45C)C3(C)C)[nH]c(=O)c2C#N)cc(OC)c1OC. The van der Waals surface area contributed by atoms with E-state index in [1.165, 1.54) is 27.8 Å². The first-order valence-electron chi connectivity index (χ1n) is 21.3. The lowest BCUT2D eigenvalue weighted by Gasteiger charge is -2.70. The molecule has 2 N–H and O–H groups in total. The van der Waals surface area contributed by atoms with Gasteiger partial charge >= 0.3 is 5.97 Å². The van der Waals surface area contributed by atoms with E-state index < -0.39 is 5.56 Å². The first kappa shape index (κ1) is 42.8. The number of nitrogens with one attached hydrogen (secondary N) is 1. The number of aliphatic hydroxyl groups excluding tert-OH is 1. The molecule has 1 aliphatic heterocycles. The zero-order valence-electron chi connectivity index (χ0n) is 36.5. The molecule has 1 unspecified atom stereocenters. The molecule has 1 saturated heterocycles. The average molecular weight is 820 g/mol. The summed E-state index contributed by atoms with van der Waals surface area (Å²) in [5.41, 5.74) is -0.777. The Labute approximate surface area is 348 Å². The minimum Gasteiger partial charge on any atom is -0.493 e. The van der Waals surface area contributed by atoms with Crippen molar-refractivity contribution in [2.75, 3.05) is 27.1 Å². The fourth-order valence-electron chi connectivity index (χ4n) is 13.9. The fraction of sp³-hybridized carbons (Fsp3) is 0.739. The quantitative estimate of drug-likeness (QED) is 0.142. The van der Waals surface area contributed by atoms with Crippen LogP contribution < -0.4 is 19.8 Å². The van der Waals surface area contributed by atoms with Crippen molar-refractivity contribution in [1.82, 2.24) is 9.97 Å². The molecule has 4 saturated carbocycles. The van der Waals surface area contributed by atoms with Crippen LogP contribution in [0.15, 0.2) is 22.1 Å². The first-order chi connectivity index (χ1) is 27.2. The molecule has 0 amide bonds. The van der Waals surface area contributed by atoms with Crippen molar-refractivity contribution in [2.45, 2.75) is 148 Å². The van der Waals surface area contributed by atoms with Crippen LogP contribution in [0.5, 0.6) is 17.2 Å². The van der Waals surface area contributed by atoms with Gasteiger partial charge in [0.1, 0.15) is 17.7 Å². The number of hydrogen-bond acceptors (Lipinski definition) is 11. The number of fused-ring (bicyclic) bond motifs is 5. The van der Waals surface area contributed by atoms with E-state index in [4.69, 9.17) is 23.7 Å². The van der Waals surface area contributed by atoms with Crippen molar-refractivity contribution >= 4 is 17.7 Å². The van der Waals surface area contributed by atoms with Crippen molar-refractivity contribution in [1.29, 1.82) is 5.26 Å². The monoisotopic (exact) mass is 819 g/mol. The Hall–Kier alpha value is -3.27. The van der Waals surface area contributed by atoms with Gasteiger partial charge in [0, 0.05) is 11.0 Å². The molecule has 5 fully saturated rings. The summed E-state index contributed by atoms with van der Waals surface area (Å²) < 4.78 is 29.7. The molecule has 4 aliphatic carbocycles. The minimum atomic E-state index is -0.615. The molecule has 58 heavy (non-hydrogen) atoms. The maximum Gasteiger partial charge on any atom is 0.316 e. The van der Waals surface area contributed by atoms with Gasteiger partial charge < -0.3 is 33.8 Å². The van der Waals surface area contributed by atoms with Gasteiger partial charge in [0.25, 0.3) is 5.56 Å². The number of benzene rings is 1. The molecule has 2 aromatic rings. The Kier molecular flexibility index (Phi) is 11.1. The third kappa shape index (κ3) is 6.74. The van der Waals surface area contributed by atoms with Crippen LogP contribution in [0, 0.1) is 56.7 Å². The van der Waals surface area contributed by atoms with Crippen LogP contribution in [0.2, 0.25) is 0 Å². The van der Waals surface area contributed by atoms with Gasteiger partial charge in [0.2, 0.25) is 5.75 Å². The van der Waals surface area contributed by atoms with Gasteiger partial charge in [-0.05, 0) is 137 Å². The maximum atomic E-state index is 13.6. The highest BCUT2D eigenvalue weighted by molar-refractivity contribution is 7.99. The van der Waals surface area contributed by atoms with Crippen molar-refractivity contribution in [3.8, 4) is 34.6 Å². The molecule has 0 bridgehead atoms. The standard InChI is InChI=1S/C46H65N3O8S/c1-41(2)16-12-17-46(8,57-41)28-13-19-45(7)36(28)29(50)23-33-43(5)18-15-34(42(3,4)32(43)14-20-44(33,45)6)56-35(51)25-58-40-48-37(27(24-47)39(52)49-40)26-21-30(53-9)38(55-11)31(22-26)54-10/h21-22,28-29,32-34,36,50H,12-20,23,25H2,1-11H3,(H,48,49,52)/t28?,29-,32+,33+,34+,36+,43+,44-,45-,46-/m1/s1. The van der Waals surface area contributed by atoms with E-state index in [0.29, 0.717) is 40.6 Å². The number of hydrogen-bond donors (Lipinski definition) is 2.